The highest BCUT2D eigenvalue weighted by atomic mass is 35.5. The van der Waals surface area contributed by atoms with E-state index in [1.54, 1.807) is 10.6 Å². The van der Waals surface area contributed by atoms with E-state index in [4.69, 9.17) is 23.2 Å². The lowest BCUT2D eigenvalue weighted by Crippen LogP contribution is -2.69. The third-order valence-corrected chi connectivity index (χ3v) is 5.44. The predicted octanol–water partition coefficient (Wildman–Crippen LogP) is 3.87. The van der Waals surface area contributed by atoms with Crippen LogP contribution in [0.1, 0.15) is 42.5 Å². The summed E-state index contributed by atoms with van der Waals surface area (Å²) >= 11 is 11.6. The molecule has 2 fully saturated rings. The van der Waals surface area contributed by atoms with Crippen molar-refractivity contribution in [3.63, 3.8) is 0 Å². The summed E-state index contributed by atoms with van der Waals surface area (Å²) < 4.78 is 41.7. The first kappa shape index (κ1) is 20.7. The van der Waals surface area contributed by atoms with E-state index in [1.165, 1.54) is 12.1 Å². The molecule has 0 spiro atoms. The fourth-order valence-corrected chi connectivity index (χ4v) is 3.97. The van der Waals surface area contributed by atoms with Crippen LogP contribution in [0.3, 0.4) is 0 Å². The van der Waals surface area contributed by atoms with E-state index >= 15 is 0 Å². The maximum Gasteiger partial charge on any atom is 0.440 e. The van der Waals surface area contributed by atoms with Gasteiger partial charge in [-0.15, -0.1) is 0 Å². The van der Waals surface area contributed by atoms with Gasteiger partial charge in [0.05, 0.1) is 10.6 Å². The van der Waals surface area contributed by atoms with Crippen LogP contribution in [0.4, 0.5) is 18.0 Å². The number of carbonyl (C=O) groups excluding carboxylic acids is 3. The zero-order valence-corrected chi connectivity index (χ0v) is 15.9. The number of benzene rings is 1. The number of carbonyl (C=O) groups is 3. The molecule has 4 amide bonds. The first-order valence-electron chi connectivity index (χ1n) is 8.57. The lowest BCUT2D eigenvalue weighted by atomic mass is 9.94. The van der Waals surface area contributed by atoms with Crippen molar-refractivity contribution in [3.05, 3.63) is 33.8 Å². The van der Waals surface area contributed by atoms with Gasteiger partial charge in [-0.2, -0.15) is 13.2 Å². The normalized spacial score (nSPS) is 23.7. The van der Waals surface area contributed by atoms with E-state index < -0.39 is 35.7 Å². The minimum atomic E-state index is -5.27. The van der Waals surface area contributed by atoms with Gasteiger partial charge in [0, 0.05) is 11.1 Å². The van der Waals surface area contributed by atoms with Crippen molar-refractivity contribution in [1.29, 1.82) is 0 Å². The Morgan fingerprint density at radius 2 is 1.82 bits per heavy atom. The minimum absolute atomic E-state index is 0.181. The number of urea groups is 1. The Kier molecular flexibility index (Phi) is 5.51. The minimum Gasteiger partial charge on any atom is -0.314 e. The Bertz CT molecular complexity index is 828. The molecule has 1 heterocycles. The van der Waals surface area contributed by atoms with Crippen molar-refractivity contribution >= 4 is 41.0 Å². The molecule has 0 aromatic heterocycles. The molecule has 28 heavy (non-hydrogen) atoms. The van der Waals surface area contributed by atoms with Crippen LogP contribution in [0.25, 0.3) is 0 Å². The second-order valence-corrected chi connectivity index (χ2v) is 7.57. The van der Waals surface area contributed by atoms with Gasteiger partial charge in [-0.05, 0) is 31.0 Å². The zero-order chi connectivity index (χ0) is 20.7. The SMILES string of the molecule is O=C(N[C@]1(C(F)(F)F)NC(=O)N(C2CCCCC2)C1=O)c1ccc(Cl)cc1Cl. The van der Waals surface area contributed by atoms with Gasteiger partial charge < -0.3 is 5.32 Å². The molecule has 11 heteroatoms. The maximum atomic E-state index is 13.9. The molecule has 6 nitrogen and oxygen atoms in total. The van der Waals surface area contributed by atoms with E-state index in [9.17, 15) is 27.6 Å². The van der Waals surface area contributed by atoms with Crippen LogP contribution in [0.5, 0.6) is 0 Å². The molecule has 2 aliphatic rings. The first-order valence-corrected chi connectivity index (χ1v) is 9.32. The zero-order valence-electron chi connectivity index (χ0n) is 14.4. The van der Waals surface area contributed by atoms with Crippen LogP contribution in [-0.2, 0) is 4.79 Å². The molecule has 1 aromatic rings. The summed E-state index contributed by atoms with van der Waals surface area (Å²) in [4.78, 5) is 38.1. The number of alkyl halides is 3. The molecule has 152 valence electrons. The van der Waals surface area contributed by atoms with E-state index in [1.807, 2.05) is 0 Å². The Labute approximate surface area is 168 Å². The van der Waals surface area contributed by atoms with Gasteiger partial charge >= 0.3 is 12.2 Å². The average Bonchev–Trinajstić information content (AvgIpc) is 2.86. The number of nitrogens with one attached hydrogen (secondary N) is 2. The van der Waals surface area contributed by atoms with Gasteiger partial charge in [0.1, 0.15) is 0 Å². The summed E-state index contributed by atoms with van der Waals surface area (Å²) in [7, 11) is 0. The standard InChI is InChI=1S/C17H16Cl2F3N3O3/c18-9-6-7-11(12(19)8-9)13(26)23-16(17(20,21)22)14(27)25(15(28)24-16)10-4-2-1-3-5-10/h6-8,10H,1-5H2,(H,23,26)(H,24,28)/t16-/m0/s1. The Morgan fingerprint density at radius 3 is 2.39 bits per heavy atom. The van der Waals surface area contributed by atoms with Crippen molar-refractivity contribution in [2.24, 2.45) is 0 Å². The van der Waals surface area contributed by atoms with E-state index in [0.29, 0.717) is 30.6 Å². The van der Waals surface area contributed by atoms with Gasteiger partial charge in [0.15, 0.2) is 0 Å². The number of hydrogen-bond donors (Lipinski definition) is 2. The molecule has 3 rings (SSSR count). The highest BCUT2D eigenvalue weighted by Gasteiger charge is 2.69. The number of amides is 4. The van der Waals surface area contributed by atoms with Crippen molar-refractivity contribution in [2.75, 3.05) is 0 Å². The summed E-state index contributed by atoms with van der Waals surface area (Å²) in [6.07, 6.45) is -2.14. The molecular formula is C17H16Cl2F3N3O3. The fraction of sp³-hybridized carbons (Fsp3) is 0.471. The number of hydrogen-bond acceptors (Lipinski definition) is 3. The van der Waals surface area contributed by atoms with E-state index in [-0.39, 0.29) is 15.6 Å². The third-order valence-electron chi connectivity index (χ3n) is 4.89. The molecule has 1 aromatic carbocycles. The lowest BCUT2D eigenvalue weighted by molar-refractivity contribution is -0.200. The van der Waals surface area contributed by atoms with Crippen LogP contribution < -0.4 is 10.6 Å². The van der Waals surface area contributed by atoms with Crippen molar-refractivity contribution in [3.8, 4) is 0 Å². The van der Waals surface area contributed by atoms with Crippen LogP contribution >= 0.6 is 23.2 Å². The second-order valence-electron chi connectivity index (χ2n) is 6.72. The monoisotopic (exact) mass is 437 g/mol. The largest absolute Gasteiger partial charge is 0.440 e. The Morgan fingerprint density at radius 1 is 1.18 bits per heavy atom. The summed E-state index contributed by atoms with van der Waals surface area (Å²) in [5, 5.41) is 3.28. The predicted molar refractivity (Wildman–Crippen MR) is 95.0 cm³/mol. The topological polar surface area (TPSA) is 78.5 Å². The third kappa shape index (κ3) is 3.53. The highest BCUT2D eigenvalue weighted by molar-refractivity contribution is 6.36. The van der Waals surface area contributed by atoms with Gasteiger partial charge in [-0.3, -0.25) is 19.8 Å². The van der Waals surface area contributed by atoms with Crippen LogP contribution in [-0.4, -0.2) is 40.6 Å². The van der Waals surface area contributed by atoms with Crippen LogP contribution in [0.2, 0.25) is 10.0 Å². The van der Waals surface area contributed by atoms with Gasteiger partial charge in [0.2, 0.25) is 0 Å². The second kappa shape index (κ2) is 7.44. The number of nitrogens with zero attached hydrogens (tertiary/aromatic N) is 1. The molecule has 1 aliphatic heterocycles. The van der Waals surface area contributed by atoms with Gasteiger partial charge in [-0.25, -0.2) is 4.79 Å². The van der Waals surface area contributed by atoms with Crippen LogP contribution in [0, 0.1) is 0 Å². The smallest absolute Gasteiger partial charge is 0.314 e. The van der Waals surface area contributed by atoms with Crippen LogP contribution in [0.15, 0.2) is 18.2 Å². The van der Waals surface area contributed by atoms with Gasteiger partial charge in [0.25, 0.3) is 17.5 Å². The van der Waals surface area contributed by atoms with Gasteiger partial charge in [-0.1, -0.05) is 42.5 Å². The summed E-state index contributed by atoms with van der Waals surface area (Å²) in [6.45, 7) is 0. The average molecular weight is 438 g/mol. The molecule has 1 atom stereocenters. The van der Waals surface area contributed by atoms with Crippen molar-refractivity contribution in [1.82, 2.24) is 15.5 Å². The molecule has 0 bridgehead atoms. The number of halogens is 5. The van der Waals surface area contributed by atoms with E-state index in [0.717, 1.165) is 12.5 Å². The quantitative estimate of drug-likeness (QED) is 0.704. The molecule has 0 radical (unpaired) electrons. The fourth-order valence-electron chi connectivity index (χ4n) is 3.48. The molecule has 1 aliphatic carbocycles. The van der Waals surface area contributed by atoms with E-state index in [2.05, 4.69) is 0 Å². The number of imide groups is 1. The molecule has 1 saturated heterocycles. The summed E-state index contributed by atoms with van der Waals surface area (Å²) in [5.74, 6) is -2.81. The van der Waals surface area contributed by atoms with Crippen molar-refractivity contribution < 1.29 is 27.6 Å². The Hall–Kier alpha value is -2.00. The molecular weight excluding hydrogens is 422 g/mol. The summed E-state index contributed by atoms with van der Waals surface area (Å²) in [6, 6.07) is 1.76. The van der Waals surface area contributed by atoms with Crippen molar-refractivity contribution in [2.45, 2.75) is 50.0 Å². The molecule has 2 N–H and O–H groups in total. The Balaban J connectivity index is 1.94. The molecule has 1 saturated carbocycles. The molecule has 0 unspecified atom stereocenters. The first-order chi connectivity index (χ1) is 13.1. The highest BCUT2D eigenvalue weighted by Crippen LogP contribution is 2.37. The number of rotatable bonds is 3. The lowest BCUT2D eigenvalue weighted by Gasteiger charge is -2.32. The summed E-state index contributed by atoms with van der Waals surface area (Å²) in [5.41, 5.74) is -3.87. The maximum absolute atomic E-state index is 13.9.